The quantitative estimate of drug-likeness (QED) is 0.409. The van der Waals surface area contributed by atoms with Gasteiger partial charge in [0.15, 0.2) is 5.82 Å². The molecule has 0 saturated heterocycles. The zero-order valence-corrected chi connectivity index (χ0v) is 13.5. The standard InChI is InChI=1S/C19H15FN4O/c1-24-19(21-22-23-24)17(8-5-13-25)18(14-6-3-2-4-7-14)15-9-11-16(20)12-10-15/h2-13H,1H3/b8-5+,18-17+. The molecule has 3 rings (SSSR count). The van der Waals surface area contributed by atoms with Crippen molar-refractivity contribution >= 4 is 17.4 Å². The number of aryl methyl sites for hydroxylation is 1. The van der Waals surface area contributed by atoms with Crippen molar-refractivity contribution in [3.05, 3.63) is 89.5 Å². The largest absolute Gasteiger partial charge is 0.299 e. The molecule has 3 aromatic rings. The lowest BCUT2D eigenvalue weighted by Crippen LogP contribution is -2.02. The Labute approximate surface area is 144 Å². The minimum atomic E-state index is -0.318. The predicted octanol–water partition coefficient (Wildman–Crippen LogP) is 3.06. The van der Waals surface area contributed by atoms with E-state index in [1.54, 1.807) is 25.3 Å². The summed E-state index contributed by atoms with van der Waals surface area (Å²) >= 11 is 0. The topological polar surface area (TPSA) is 60.7 Å². The molecule has 0 fully saturated rings. The van der Waals surface area contributed by atoms with E-state index in [-0.39, 0.29) is 5.82 Å². The van der Waals surface area contributed by atoms with Gasteiger partial charge >= 0.3 is 0 Å². The minimum Gasteiger partial charge on any atom is -0.299 e. The minimum absolute atomic E-state index is 0.318. The van der Waals surface area contributed by atoms with Gasteiger partial charge in [-0.05, 0) is 51.4 Å². The number of carbonyl (C=O) groups is 1. The van der Waals surface area contributed by atoms with E-state index in [2.05, 4.69) is 15.5 Å². The molecule has 0 amide bonds. The molecule has 0 spiro atoms. The summed E-state index contributed by atoms with van der Waals surface area (Å²) in [7, 11) is 1.72. The molecule has 1 aromatic heterocycles. The van der Waals surface area contributed by atoms with Crippen LogP contribution in [0.1, 0.15) is 17.0 Å². The van der Waals surface area contributed by atoms with Crippen LogP contribution in [-0.4, -0.2) is 26.5 Å². The summed E-state index contributed by atoms with van der Waals surface area (Å²) in [6, 6.07) is 15.8. The van der Waals surface area contributed by atoms with E-state index in [1.807, 2.05) is 30.3 Å². The molecule has 0 radical (unpaired) electrons. The summed E-state index contributed by atoms with van der Waals surface area (Å²) < 4.78 is 14.9. The van der Waals surface area contributed by atoms with Gasteiger partial charge in [0.05, 0.1) is 0 Å². The zero-order chi connectivity index (χ0) is 17.6. The Kier molecular flexibility index (Phi) is 4.89. The summed E-state index contributed by atoms with van der Waals surface area (Å²) in [5, 5.41) is 11.6. The fourth-order valence-corrected chi connectivity index (χ4v) is 2.56. The van der Waals surface area contributed by atoms with Gasteiger partial charge in [0, 0.05) is 12.6 Å². The first-order valence-electron chi connectivity index (χ1n) is 7.61. The number of benzene rings is 2. The van der Waals surface area contributed by atoms with Crippen molar-refractivity contribution in [2.75, 3.05) is 0 Å². The molecule has 0 saturated carbocycles. The van der Waals surface area contributed by atoms with E-state index in [1.165, 1.54) is 22.9 Å². The lowest BCUT2D eigenvalue weighted by molar-refractivity contribution is -0.104. The third-order valence-electron chi connectivity index (χ3n) is 3.67. The van der Waals surface area contributed by atoms with Crippen LogP contribution in [-0.2, 0) is 11.8 Å². The SMILES string of the molecule is Cn1nnnc1C(/C=C/C=O)=C(\c1ccccc1)c1ccc(F)cc1. The van der Waals surface area contributed by atoms with Crippen LogP contribution in [0.2, 0.25) is 0 Å². The second-order valence-electron chi connectivity index (χ2n) is 5.28. The van der Waals surface area contributed by atoms with E-state index >= 15 is 0 Å². The maximum absolute atomic E-state index is 13.4. The van der Waals surface area contributed by atoms with Gasteiger partial charge in [-0.2, -0.15) is 0 Å². The molecule has 0 aliphatic carbocycles. The lowest BCUT2D eigenvalue weighted by Gasteiger charge is -2.13. The number of tetrazole rings is 1. The van der Waals surface area contributed by atoms with Crippen molar-refractivity contribution in [2.45, 2.75) is 0 Å². The number of allylic oxidation sites excluding steroid dienone is 3. The molecular weight excluding hydrogens is 319 g/mol. The van der Waals surface area contributed by atoms with Crippen molar-refractivity contribution in [3.8, 4) is 0 Å². The third kappa shape index (κ3) is 3.58. The van der Waals surface area contributed by atoms with E-state index in [4.69, 9.17) is 0 Å². The van der Waals surface area contributed by atoms with E-state index < -0.39 is 0 Å². The second-order valence-corrected chi connectivity index (χ2v) is 5.28. The highest BCUT2D eigenvalue weighted by atomic mass is 19.1. The molecule has 5 nitrogen and oxygen atoms in total. The molecule has 25 heavy (non-hydrogen) atoms. The van der Waals surface area contributed by atoms with Crippen molar-refractivity contribution < 1.29 is 9.18 Å². The number of hydrogen-bond acceptors (Lipinski definition) is 4. The maximum Gasteiger partial charge on any atom is 0.182 e. The van der Waals surface area contributed by atoms with Crippen LogP contribution in [0.25, 0.3) is 11.1 Å². The Hall–Kier alpha value is -3.41. The van der Waals surface area contributed by atoms with Gasteiger partial charge in [-0.25, -0.2) is 9.07 Å². The van der Waals surface area contributed by atoms with E-state index in [0.29, 0.717) is 17.7 Å². The molecule has 1 heterocycles. The maximum atomic E-state index is 13.4. The number of rotatable bonds is 5. The molecule has 0 atom stereocenters. The van der Waals surface area contributed by atoms with Gasteiger partial charge < -0.3 is 0 Å². The van der Waals surface area contributed by atoms with Crippen LogP contribution >= 0.6 is 0 Å². The Morgan fingerprint density at radius 3 is 2.32 bits per heavy atom. The fourth-order valence-electron chi connectivity index (χ4n) is 2.56. The van der Waals surface area contributed by atoms with Crippen LogP contribution < -0.4 is 0 Å². The summed E-state index contributed by atoms with van der Waals surface area (Å²) in [5.74, 6) is 0.183. The smallest absolute Gasteiger partial charge is 0.182 e. The number of halogens is 1. The third-order valence-corrected chi connectivity index (χ3v) is 3.67. The van der Waals surface area contributed by atoms with Crippen LogP contribution in [0.3, 0.4) is 0 Å². The molecule has 0 aliphatic heterocycles. The Morgan fingerprint density at radius 1 is 1.04 bits per heavy atom. The monoisotopic (exact) mass is 334 g/mol. The summed E-state index contributed by atoms with van der Waals surface area (Å²) in [4.78, 5) is 10.9. The van der Waals surface area contributed by atoms with Gasteiger partial charge in [-0.1, -0.05) is 42.5 Å². The second kappa shape index (κ2) is 7.44. The van der Waals surface area contributed by atoms with Crippen molar-refractivity contribution in [1.29, 1.82) is 0 Å². The molecule has 124 valence electrons. The number of nitrogens with zero attached hydrogens (tertiary/aromatic N) is 4. The molecular formula is C19H15FN4O. The summed E-state index contributed by atoms with van der Waals surface area (Å²) in [6.45, 7) is 0. The molecule has 6 heteroatoms. The van der Waals surface area contributed by atoms with Gasteiger partial charge in [0.1, 0.15) is 12.1 Å². The highest BCUT2D eigenvalue weighted by Gasteiger charge is 2.16. The average Bonchev–Trinajstić information content (AvgIpc) is 3.06. The number of carbonyl (C=O) groups excluding carboxylic acids is 1. The Bertz CT molecular complexity index is 928. The first-order valence-corrected chi connectivity index (χ1v) is 7.61. The number of aldehydes is 1. The summed E-state index contributed by atoms with van der Waals surface area (Å²) in [6.07, 6.45) is 3.73. The van der Waals surface area contributed by atoms with Crippen LogP contribution in [0, 0.1) is 5.82 Å². The van der Waals surface area contributed by atoms with Crippen LogP contribution in [0.4, 0.5) is 4.39 Å². The fraction of sp³-hybridized carbons (Fsp3) is 0.0526. The Morgan fingerprint density at radius 2 is 1.72 bits per heavy atom. The van der Waals surface area contributed by atoms with Gasteiger partial charge in [0.2, 0.25) is 0 Å². The first-order chi connectivity index (χ1) is 12.2. The summed E-state index contributed by atoms with van der Waals surface area (Å²) in [5.41, 5.74) is 3.16. The van der Waals surface area contributed by atoms with E-state index in [0.717, 1.165) is 16.7 Å². The Balaban J connectivity index is 2.34. The zero-order valence-electron chi connectivity index (χ0n) is 13.5. The normalized spacial score (nSPS) is 12.2. The van der Waals surface area contributed by atoms with Gasteiger partial charge in [0.25, 0.3) is 0 Å². The molecule has 2 aromatic carbocycles. The highest BCUT2D eigenvalue weighted by molar-refractivity contribution is 6.01. The number of aromatic nitrogens is 4. The van der Waals surface area contributed by atoms with Crippen LogP contribution in [0.15, 0.2) is 66.7 Å². The highest BCUT2D eigenvalue weighted by Crippen LogP contribution is 2.32. The molecule has 0 N–H and O–H groups in total. The molecule has 0 aliphatic rings. The lowest BCUT2D eigenvalue weighted by atomic mass is 9.92. The van der Waals surface area contributed by atoms with Crippen LogP contribution in [0.5, 0.6) is 0 Å². The first kappa shape index (κ1) is 16.4. The van der Waals surface area contributed by atoms with E-state index in [9.17, 15) is 9.18 Å². The average molecular weight is 334 g/mol. The van der Waals surface area contributed by atoms with Crippen molar-refractivity contribution in [3.63, 3.8) is 0 Å². The van der Waals surface area contributed by atoms with Crippen molar-refractivity contribution in [1.82, 2.24) is 20.2 Å². The predicted molar refractivity (Wildman–Crippen MR) is 92.8 cm³/mol. The van der Waals surface area contributed by atoms with Crippen molar-refractivity contribution in [2.24, 2.45) is 7.05 Å². The molecule has 0 bridgehead atoms. The number of hydrogen-bond donors (Lipinski definition) is 0. The van der Waals surface area contributed by atoms with Gasteiger partial charge in [-0.3, -0.25) is 4.79 Å². The molecule has 0 unspecified atom stereocenters. The van der Waals surface area contributed by atoms with Gasteiger partial charge in [-0.15, -0.1) is 5.10 Å².